The number of benzene rings is 1. The van der Waals surface area contributed by atoms with E-state index < -0.39 is 0 Å². The molecule has 0 aliphatic carbocycles. The second kappa shape index (κ2) is 5.65. The lowest BCUT2D eigenvalue weighted by atomic mass is 10.3. The molecule has 76 valence electrons. The van der Waals surface area contributed by atoms with E-state index in [1.165, 1.54) is 7.11 Å². The number of carbonyl (C=O) groups excluding carboxylic acids is 1. The van der Waals surface area contributed by atoms with Gasteiger partial charge < -0.3 is 10.1 Å². The summed E-state index contributed by atoms with van der Waals surface area (Å²) in [5.41, 5.74) is 0.983. The zero-order valence-electron chi connectivity index (χ0n) is 7.92. The number of nitrogens with one attached hydrogen (secondary N) is 1. The van der Waals surface area contributed by atoms with E-state index in [1.54, 1.807) is 0 Å². The van der Waals surface area contributed by atoms with Crippen LogP contribution in [0.2, 0.25) is 0 Å². The molecule has 0 atom stereocenters. The molecule has 1 aromatic carbocycles. The molecule has 4 heteroatoms. The molecule has 1 N–H and O–H groups in total. The summed E-state index contributed by atoms with van der Waals surface area (Å²) in [6, 6.07) is 7.77. The molecular weight excluding hydrogens is 246 g/mol. The van der Waals surface area contributed by atoms with Crippen LogP contribution in [0.1, 0.15) is 6.42 Å². The highest BCUT2D eigenvalue weighted by molar-refractivity contribution is 9.10. The minimum Gasteiger partial charge on any atom is -0.469 e. The zero-order valence-corrected chi connectivity index (χ0v) is 9.50. The SMILES string of the molecule is COC(=O)CCNc1ccccc1Br. The number of methoxy groups -OCH3 is 1. The van der Waals surface area contributed by atoms with Crippen molar-refractivity contribution in [3.8, 4) is 0 Å². The Morgan fingerprint density at radius 3 is 2.86 bits per heavy atom. The lowest BCUT2D eigenvalue weighted by molar-refractivity contribution is -0.140. The first-order valence-electron chi connectivity index (χ1n) is 4.29. The molecule has 0 amide bonds. The summed E-state index contributed by atoms with van der Waals surface area (Å²) in [4.78, 5) is 10.8. The van der Waals surface area contributed by atoms with Crippen molar-refractivity contribution in [1.29, 1.82) is 0 Å². The van der Waals surface area contributed by atoms with Crippen LogP contribution in [0.5, 0.6) is 0 Å². The molecule has 0 unspecified atom stereocenters. The van der Waals surface area contributed by atoms with Gasteiger partial charge in [-0.05, 0) is 28.1 Å². The van der Waals surface area contributed by atoms with Gasteiger partial charge in [0.15, 0.2) is 0 Å². The van der Waals surface area contributed by atoms with Gasteiger partial charge in [-0.15, -0.1) is 0 Å². The fraction of sp³-hybridized carbons (Fsp3) is 0.300. The number of esters is 1. The molecule has 0 fully saturated rings. The van der Waals surface area contributed by atoms with Gasteiger partial charge in [0.25, 0.3) is 0 Å². The Morgan fingerprint density at radius 1 is 1.50 bits per heavy atom. The fourth-order valence-corrected chi connectivity index (χ4v) is 1.43. The summed E-state index contributed by atoms with van der Waals surface area (Å²) in [5, 5.41) is 3.13. The molecule has 0 aromatic heterocycles. The van der Waals surface area contributed by atoms with Crippen molar-refractivity contribution in [2.45, 2.75) is 6.42 Å². The van der Waals surface area contributed by atoms with Crippen LogP contribution in [0.3, 0.4) is 0 Å². The van der Waals surface area contributed by atoms with Crippen molar-refractivity contribution < 1.29 is 9.53 Å². The molecular formula is C10H12BrNO2. The maximum Gasteiger partial charge on any atom is 0.307 e. The van der Waals surface area contributed by atoms with Gasteiger partial charge in [-0.1, -0.05) is 12.1 Å². The monoisotopic (exact) mass is 257 g/mol. The summed E-state index contributed by atoms with van der Waals surface area (Å²) in [5.74, 6) is -0.204. The molecule has 0 heterocycles. The number of rotatable bonds is 4. The van der Waals surface area contributed by atoms with Crippen LogP contribution in [0.4, 0.5) is 5.69 Å². The highest BCUT2D eigenvalue weighted by Gasteiger charge is 2.00. The Morgan fingerprint density at radius 2 is 2.21 bits per heavy atom. The van der Waals surface area contributed by atoms with Crippen molar-refractivity contribution in [2.24, 2.45) is 0 Å². The Kier molecular flexibility index (Phi) is 4.46. The molecule has 0 radical (unpaired) electrons. The van der Waals surface area contributed by atoms with Gasteiger partial charge in [0, 0.05) is 16.7 Å². The first-order chi connectivity index (χ1) is 6.74. The molecule has 1 rings (SSSR count). The van der Waals surface area contributed by atoms with Crippen LogP contribution in [0, 0.1) is 0 Å². The van der Waals surface area contributed by atoms with E-state index >= 15 is 0 Å². The summed E-state index contributed by atoms with van der Waals surface area (Å²) in [6.45, 7) is 0.579. The maximum atomic E-state index is 10.8. The third kappa shape index (κ3) is 3.38. The lowest BCUT2D eigenvalue weighted by Crippen LogP contribution is -2.09. The molecule has 0 aliphatic heterocycles. The van der Waals surface area contributed by atoms with Crippen molar-refractivity contribution >= 4 is 27.6 Å². The van der Waals surface area contributed by atoms with Gasteiger partial charge in [0.1, 0.15) is 0 Å². The van der Waals surface area contributed by atoms with Gasteiger partial charge in [-0.2, -0.15) is 0 Å². The van der Waals surface area contributed by atoms with E-state index in [0.717, 1.165) is 10.2 Å². The Labute approximate surface area is 91.6 Å². The van der Waals surface area contributed by atoms with E-state index in [0.29, 0.717) is 13.0 Å². The minimum absolute atomic E-state index is 0.204. The number of carbonyl (C=O) groups is 1. The van der Waals surface area contributed by atoms with Crippen LogP contribution < -0.4 is 5.32 Å². The molecule has 0 saturated carbocycles. The van der Waals surface area contributed by atoms with Gasteiger partial charge in [0.05, 0.1) is 13.5 Å². The maximum absolute atomic E-state index is 10.8. The third-order valence-electron chi connectivity index (χ3n) is 1.75. The largest absolute Gasteiger partial charge is 0.469 e. The quantitative estimate of drug-likeness (QED) is 0.843. The summed E-state index contributed by atoms with van der Waals surface area (Å²) in [6.07, 6.45) is 0.373. The van der Waals surface area contributed by atoms with Crippen molar-refractivity contribution in [2.75, 3.05) is 19.0 Å². The Balaban J connectivity index is 2.39. The first kappa shape index (κ1) is 11.0. The van der Waals surface area contributed by atoms with Gasteiger partial charge in [-0.3, -0.25) is 4.79 Å². The molecule has 1 aromatic rings. The predicted octanol–water partition coefficient (Wildman–Crippen LogP) is 2.42. The number of hydrogen-bond donors (Lipinski definition) is 1. The van der Waals surface area contributed by atoms with Crippen molar-refractivity contribution in [1.82, 2.24) is 0 Å². The zero-order chi connectivity index (χ0) is 10.4. The lowest BCUT2D eigenvalue weighted by Gasteiger charge is -2.06. The summed E-state index contributed by atoms with van der Waals surface area (Å²) in [7, 11) is 1.39. The van der Waals surface area contributed by atoms with Crippen LogP contribution >= 0.6 is 15.9 Å². The highest BCUT2D eigenvalue weighted by atomic mass is 79.9. The highest BCUT2D eigenvalue weighted by Crippen LogP contribution is 2.20. The Bertz CT molecular complexity index is 315. The molecule has 0 bridgehead atoms. The molecule has 0 spiro atoms. The molecule has 14 heavy (non-hydrogen) atoms. The number of halogens is 1. The second-order valence-corrected chi connectivity index (χ2v) is 3.59. The fourth-order valence-electron chi connectivity index (χ4n) is 1.01. The van der Waals surface area contributed by atoms with Gasteiger partial charge >= 0.3 is 5.97 Å². The van der Waals surface area contributed by atoms with Gasteiger partial charge in [0.2, 0.25) is 0 Å². The number of para-hydroxylation sites is 1. The molecule has 0 saturated heterocycles. The second-order valence-electron chi connectivity index (χ2n) is 2.73. The van der Waals surface area contributed by atoms with E-state index in [-0.39, 0.29) is 5.97 Å². The van der Waals surface area contributed by atoms with E-state index in [9.17, 15) is 4.79 Å². The number of anilines is 1. The van der Waals surface area contributed by atoms with Crippen LogP contribution in [0.25, 0.3) is 0 Å². The van der Waals surface area contributed by atoms with Crippen molar-refractivity contribution in [3.63, 3.8) is 0 Å². The summed E-state index contributed by atoms with van der Waals surface area (Å²) < 4.78 is 5.52. The van der Waals surface area contributed by atoms with Crippen molar-refractivity contribution in [3.05, 3.63) is 28.7 Å². The number of ether oxygens (including phenoxy) is 1. The molecule has 3 nitrogen and oxygen atoms in total. The summed E-state index contributed by atoms with van der Waals surface area (Å²) >= 11 is 3.40. The Hall–Kier alpha value is -1.03. The predicted molar refractivity (Wildman–Crippen MR) is 59.3 cm³/mol. The van der Waals surface area contributed by atoms with E-state index in [2.05, 4.69) is 26.0 Å². The topological polar surface area (TPSA) is 38.3 Å². The third-order valence-corrected chi connectivity index (χ3v) is 2.44. The average Bonchev–Trinajstić information content (AvgIpc) is 2.20. The average molecular weight is 258 g/mol. The molecule has 0 aliphatic rings. The van der Waals surface area contributed by atoms with Crippen LogP contribution in [-0.2, 0) is 9.53 Å². The minimum atomic E-state index is -0.204. The standard InChI is InChI=1S/C10H12BrNO2/c1-14-10(13)6-7-12-9-5-3-2-4-8(9)11/h2-5,12H,6-7H2,1H3. The van der Waals surface area contributed by atoms with Crippen LogP contribution in [-0.4, -0.2) is 19.6 Å². The first-order valence-corrected chi connectivity index (χ1v) is 5.08. The van der Waals surface area contributed by atoms with E-state index in [4.69, 9.17) is 0 Å². The normalized spacial score (nSPS) is 9.57. The van der Waals surface area contributed by atoms with Crippen LogP contribution in [0.15, 0.2) is 28.7 Å². The smallest absolute Gasteiger partial charge is 0.307 e. The number of hydrogen-bond acceptors (Lipinski definition) is 3. The van der Waals surface area contributed by atoms with E-state index in [1.807, 2.05) is 24.3 Å². The van der Waals surface area contributed by atoms with Gasteiger partial charge in [-0.25, -0.2) is 0 Å².